The van der Waals surface area contributed by atoms with Crippen molar-refractivity contribution in [3.05, 3.63) is 127 Å². The highest BCUT2D eigenvalue weighted by Gasteiger charge is 2.21. The van der Waals surface area contributed by atoms with E-state index in [-0.39, 0.29) is 0 Å². The number of rotatable bonds is 10. The topological polar surface area (TPSA) is 82.3 Å². The van der Waals surface area contributed by atoms with Crippen LogP contribution >= 0.6 is 0 Å². The highest BCUT2D eigenvalue weighted by Crippen LogP contribution is 2.33. The van der Waals surface area contributed by atoms with Crippen molar-refractivity contribution < 1.29 is 0 Å². The van der Waals surface area contributed by atoms with Crippen LogP contribution < -0.4 is 5.32 Å². The molecular formula is C33H34N6. The lowest BCUT2D eigenvalue weighted by Gasteiger charge is -2.28. The van der Waals surface area contributed by atoms with Gasteiger partial charge in [-0.3, -0.25) is 10.1 Å². The molecule has 0 unspecified atom stereocenters. The Kier molecular flexibility index (Phi) is 7.55. The molecule has 39 heavy (non-hydrogen) atoms. The Bertz CT molecular complexity index is 1620. The quantitative estimate of drug-likeness (QED) is 0.190. The van der Waals surface area contributed by atoms with E-state index in [9.17, 15) is 0 Å². The first kappa shape index (κ1) is 25.9. The number of aryl methyl sites for hydroxylation is 1. The maximum Gasteiger partial charge on any atom is 0.135 e. The number of nitrogens with one attached hydrogen (secondary N) is 3. The zero-order valence-corrected chi connectivity index (χ0v) is 22.6. The molecule has 196 valence electrons. The lowest BCUT2D eigenvalue weighted by molar-refractivity contribution is 0.356. The Morgan fingerprint density at radius 3 is 2.69 bits per heavy atom. The van der Waals surface area contributed by atoms with E-state index in [0.717, 1.165) is 67.5 Å². The van der Waals surface area contributed by atoms with Crippen LogP contribution in [0.5, 0.6) is 0 Å². The summed E-state index contributed by atoms with van der Waals surface area (Å²) in [6.45, 7) is 16.2. The van der Waals surface area contributed by atoms with Crippen LogP contribution in [0.2, 0.25) is 0 Å². The molecule has 6 heteroatoms. The molecule has 0 atom stereocenters. The van der Waals surface area contributed by atoms with Gasteiger partial charge in [0.15, 0.2) is 0 Å². The number of allylic oxidation sites excluding steroid dienone is 7. The van der Waals surface area contributed by atoms with Crippen LogP contribution in [0.1, 0.15) is 48.7 Å². The summed E-state index contributed by atoms with van der Waals surface area (Å²) in [5.41, 5.74) is 11.3. The van der Waals surface area contributed by atoms with Crippen LogP contribution in [-0.4, -0.2) is 25.1 Å². The standard InChI is InChI=1S/C33H34N6/c1-6-11-27(25-14-10-17-34-20-25)28-19-31(36-22(28)5)33-32-30(38-39-33)16-15-29(37-32)23(7-2)18-26(8-3)35-21(4)24-12-9-13-24/h6-8,10-11,14-20,24,35-36H,1,3-4,9,12-13H2,2,5H3,(H,38,39)/b23-7+,26-18+,27-11-. The Balaban J connectivity index is 1.50. The van der Waals surface area contributed by atoms with E-state index in [4.69, 9.17) is 4.98 Å². The van der Waals surface area contributed by atoms with E-state index < -0.39 is 0 Å². The van der Waals surface area contributed by atoms with Crippen molar-refractivity contribution >= 4 is 22.2 Å². The van der Waals surface area contributed by atoms with Crippen molar-refractivity contribution in [3.63, 3.8) is 0 Å². The van der Waals surface area contributed by atoms with E-state index in [1.165, 1.54) is 19.3 Å². The number of aromatic nitrogens is 5. The summed E-state index contributed by atoms with van der Waals surface area (Å²) in [6, 6.07) is 10.1. The third-order valence-corrected chi connectivity index (χ3v) is 7.27. The van der Waals surface area contributed by atoms with Gasteiger partial charge in [-0.05, 0) is 80.2 Å². The summed E-state index contributed by atoms with van der Waals surface area (Å²) in [6.07, 6.45) is 17.1. The molecule has 1 fully saturated rings. The molecule has 4 heterocycles. The second-order valence-electron chi connectivity index (χ2n) is 9.77. The van der Waals surface area contributed by atoms with Gasteiger partial charge in [-0.1, -0.05) is 50.5 Å². The second kappa shape index (κ2) is 11.4. The molecule has 0 aliphatic heterocycles. The highest BCUT2D eigenvalue weighted by molar-refractivity contribution is 5.92. The van der Waals surface area contributed by atoms with Gasteiger partial charge in [0, 0.05) is 40.6 Å². The first-order valence-electron chi connectivity index (χ1n) is 13.3. The number of hydrogen-bond acceptors (Lipinski definition) is 4. The van der Waals surface area contributed by atoms with Crippen molar-refractivity contribution in [2.45, 2.75) is 33.1 Å². The predicted octanol–water partition coefficient (Wildman–Crippen LogP) is 7.65. The second-order valence-corrected chi connectivity index (χ2v) is 9.77. The first-order chi connectivity index (χ1) is 19.0. The molecular weight excluding hydrogens is 480 g/mol. The van der Waals surface area contributed by atoms with Crippen molar-refractivity contribution in [1.82, 2.24) is 30.5 Å². The fourth-order valence-electron chi connectivity index (χ4n) is 4.86. The van der Waals surface area contributed by atoms with Gasteiger partial charge < -0.3 is 10.3 Å². The number of fused-ring (bicyclic) bond motifs is 1. The lowest BCUT2D eigenvalue weighted by Crippen LogP contribution is -2.23. The Morgan fingerprint density at radius 1 is 1.18 bits per heavy atom. The molecule has 1 aliphatic rings. The zero-order valence-electron chi connectivity index (χ0n) is 22.6. The fraction of sp³-hybridized carbons (Fsp3) is 0.182. The SMILES string of the molecule is C=C/C=C(/c1cccnc1)c1cc(-c2n[nH]c3ccc(C(/C=C(\C=C)NC(=C)C4CCC4)=C/C)nc23)[nH]c1C. The van der Waals surface area contributed by atoms with Crippen LogP contribution in [0.3, 0.4) is 0 Å². The summed E-state index contributed by atoms with van der Waals surface area (Å²) < 4.78 is 0. The van der Waals surface area contributed by atoms with Crippen molar-refractivity contribution in [1.29, 1.82) is 0 Å². The van der Waals surface area contributed by atoms with Gasteiger partial charge in [0.1, 0.15) is 11.2 Å². The molecule has 0 radical (unpaired) electrons. The van der Waals surface area contributed by atoms with E-state index >= 15 is 0 Å². The van der Waals surface area contributed by atoms with Crippen LogP contribution in [0.15, 0.2) is 104 Å². The summed E-state index contributed by atoms with van der Waals surface area (Å²) in [5.74, 6) is 0.541. The molecule has 4 aromatic rings. The van der Waals surface area contributed by atoms with Crippen molar-refractivity contribution in [2.75, 3.05) is 0 Å². The third-order valence-electron chi connectivity index (χ3n) is 7.27. The van der Waals surface area contributed by atoms with Gasteiger partial charge in [0.2, 0.25) is 0 Å². The molecule has 3 N–H and O–H groups in total. The molecule has 1 saturated carbocycles. The van der Waals surface area contributed by atoms with E-state index in [2.05, 4.69) is 70.4 Å². The fourth-order valence-corrected chi connectivity index (χ4v) is 4.86. The minimum Gasteiger partial charge on any atom is -0.359 e. The van der Waals surface area contributed by atoms with E-state index in [1.54, 1.807) is 12.3 Å². The van der Waals surface area contributed by atoms with Crippen LogP contribution in [0.25, 0.3) is 33.6 Å². The Hall–Kier alpha value is -4.71. The minimum atomic E-state index is 0.541. The highest BCUT2D eigenvalue weighted by atomic mass is 15.1. The molecule has 4 aromatic heterocycles. The van der Waals surface area contributed by atoms with E-state index in [0.29, 0.717) is 5.92 Å². The number of H-pyrrole nitrogens is 2. The number of hydrogen-bond donors (Lipinski definition) is 3. The average molecular weight is 515 g/mol. The smallest absolute Gasteiger partial charge is 0.135 e. The minimum absolute atomic E-state index is 0.541. The third kappa shape index (κ3) is 5.32. The van der Waals surface area contributed by atoms with Crippen LogP contribution in [0, 0.1) is 12.8 Å². The predicted molar refractivity (Wildman–Crippen MR) is 161 cm³/mol. The molecule has 0 amide bonds. The number of aromatic amines is 2. The van der Waals surface area contributed by atoms with Crippen LogP contribution in [-0.2, 0) is 0 Å². The van der Waals surface area contributed by atoms with Gasteiger partial charge in [-0.15, -0.1) is 0 Å². The summed E-state index contributed by atoms with van der Waals surface area (Å²) in [5, 5.41) is 11.2. The Labute approximate surface area is 229 Å². The molecule has 0 aromatic carbocycles. The number of nitrogens with zero attached hydrogens (tertiary/aromatic N) is 3. The summed E-state index contributed by atoms with van der Waals surface area (Å²) >= 11 is 0. The zero-order chi connectivity index (χ0) is 27.4. The maximum atomic E-state index is 5.04. The summed E-state index contributed by atoms with van der Waals surface area (Å²) in [4.78, 5) is 12.9. The van der Waals surface area contributed by atoms with Gasteiger partial charge >= 0.3 is 0 Å². The number of pyridine rings is 2. The van der Waals surface area contributed by atoms with Gasteiger partial charge in [-0.2, -0.15) is 5.10 Å². The molecule has 0 spiro atoms. The molecule has 6 nitrogen and oxygen atoms in total. The summed E-state index contributed by atoms with van der Waals surface area (Å²) in [7, 11) is 0. The van der Waals surface area contributed by atoms with Gasteiger partial charge in [0.05, 0.1) is 16.9 Å². The lowest BCUT2D eigenvalue weighted by atomic mass is 9.83. The van der Waals surface area contributed by atoms with Gasteiger partial charge in [-0.25, -0.2) is 4.98 Å². The van der Waals surface area contributed by atoms with Crippen molar-refractivity contribution in [3.8, 4) is 11.4 Å². The average Bonchev–Trinajstić information content (AvgIpc) is 3.51. The van der Waals surface area contributed by atoms with Crippen LogP contribution in [0.4, 0.5) is 0 Å². The molecule has 0 saturated heterocycles. The molecule has 1 aliphatic carbocycles. The Morgan fingerprint density at radius 2 is 2.03 bits per heavy atom. The van der Waals surface area contributed by atoms with E-state index in [1.807, 2.05) is 49.5 Å². The monoisotopic (exact) mass is 514 g/mol. The van der Waals surface area contributed by atoms with Crippen molar-refractivity contribution in [2.24, 2.45) is 5.92 Å². The molecule has 5 rings (SSSR count). The maximum absolute atomic E-state index is 5.04. The normalized spacial score (nSPS) is 14.8. The molecule has 0 bridgehead atoms. The largest absolute Gasteiger partial charge is 0.359 e. The first-order valence-corrected chi connectivity index (χ1v) is 13.3. The van der Waals surface area contributed by atoms with Gasteiger partial charge in [0.25, 0.3) is 0 Å².